The van der Waals surface area contributed by atoms with E-state index in [1.807, 2.05) is 18.2 Å². The summed E-state index contributed by atoms with van der Waals surface area (Å²) in [5, 5.41) is 17.8. The lowest BCUT2D eigenvalue weighted by Gasteiger charge is -2.08. The van der Waals surface area contributed by atoms with Gasteiger partial charge in [-0.25, -0.2) is 4.98 Å². The summed E-state index contributed by atoms with van der Waals surface area (Å²) in [6.07, 6.45) is 3.23. The van der Waals surface area contributed by atoms with Crippen LogP contribution in [0, 0.1) is 10.1 Å². The Morgan fingerprint density at radius 3 is 2.91 bits per heavy atom. The van der Waals surface area contributed by atoms with Gasteiger partial charge in [-0.05, 0) is 30.5 Å². The number of nitrogens with zero attached hydrogens (tertiary/aromatic N) is 3. The summed E-state index contributed by atoms with van der Waals surface area (Å²) < 4.78 is 0. The van der Waals surface area contributed by atoms with Gasteiger partial charge in [-0.15, -0.1) is 0 Å². The first-order chi connectivity index (χ1) is 10.6. The number of hydrogen-bond acceptors (Lipinski definition) is 6. The first-order valence-corrected chi connectivity index (χ1v) is 7.26. The number of halogens is 1. The zero-order valence-corrected chi connectivity index (χ0v) is 12.4. The van der Waals surface area contributed by atoms with Crippen LogP contribution in [-0.2, 0) is 6.54 Å². The molecule has 1 aliphatic rings. The molecule has 2 N–H and O–H groups in total. The van der Waals surface area contributed by atoms with E-state index in [1.54, 1.807) is 6.07 Å². The normalized spacial score (nSPS) is 13.7. The van der Waals surface area contributed by atoms with Crippen LogP contribution in [0.15, 0.2) is 30.5 Å². The molecule has 0 spiro atoms. The van der Waals surface area contributed by atoms with E-state index in [4.69, 9.17) is 11.6 Å². The molecule has 1 fully saturated rings. The highest BCUT2D eigenvalue weighted by Crippen LogP contribution is 2.29. The number of nitro groups is 1. The van der Waals surface area contributed by atoms with Crippen molar-refractivity contribution >= 4 is 29.1 Å². The first kappa shape index (κ1) is 14.5. The zero-order valence-electron chi connectivity index (χ0n) is 11.6. The van der Waals surface area contributed by atoms with Crippen LogP contribution in [-0.4, -0.2) is 20.9 Å². The molecule has 0 saturated heterocycles. The van der Waals surface area contributed by atoms with Gasteiger partial charge in [-0.3, -0.25) is 10.1 Å². The summed E-state index contributed by atoms with van der Waals surface area (Å²) >= 11 is 5.93. The molecule has 0 amide bonds. The van der Waals surface area contributed by atoms with Crippen LogP contribution in [0.4, 0.5) is 17.5 Å². The molecule has 0 radical (unpaired) electrons. The van der Waals surface area contributed by atoms with E-state index in [0.29, 0.717) is 17.5 Å². The number of hydrogen-bond donors (Lipinski definition) is 2. The van der Waals surface area contributed by atoms with Crippen LogP contribution in [0.25, 0.3) is 0 Å². The van der Waals surface area contributed by atoms with Gasteiger partial charge in [0, 0.05) is 17.6 Å². The highest BCUT2D eigenvalue weighted by atomic mass is 35.5. The molecule has 0 unspecified atom stereocenters. The van der Waals surface area contributed by atoms with Crippen molar-refractivity contribution in [3.05, 3.63) is 51.2 Å². The molecular formula is C14H14ClN5O2. The Kier molecular flexibility index (Phi) is 4.06. The van der Waals surface area contributed by atoms with Gasteiger partial charge in [-0.1, -0.05) is 23.7 Å². The quantitative estimate of drug-likeness (QED) is 0.627. The number of aromatic nitrogens is 2. The molecule has 3 rings (SSSR count). The highest BCUT2D eigenvalue weighted by molar-refractivity contribution is 6.30. The standard InChI is InChI=1S/C14H14ClN5O2/c15-10-3-1-2-9(6-10)7-16-14-17-8-12(20(21)22)13(19-14)18-11-4-5-11/h1-3,6,8,11H,4-5,7H2,(H2,16,17,18,19). The predicted octanol–water partition coefficient (Wildman–Crippen LogP) is 3.22. The molecule has 114 valence electrons. The van der Waals surface area contributed by atoms with Crippen molar-refractivity contribution in [1.82, 2.24) is 9.97 Å². The van der Waals surface area contributed by atoms with E-state index in [-0.39, 0.29) is 17.5 Å². The van der Waals surface area contributed by atoms with Crippen molar-refractivity contribution in [2.24, 2.45) is 0 Å². The molecule has 1 aliphatic carbocycles. The molecular weight excluding hydrogens is 306 g/mol. The number of anilines is 2. The van der Waals surface area contributed by atoms with Crippen LogP contribution in [0.2, 0.25) is 5.02 Å². The van der Waals surface area contributed by atoms with E-state index in [1.165, 1.54) is 6.20 Å². The number of rotatable bonds is 6. The van der Waals surface area contributed by atoms with Crippen LogP contribution in [0.5, 0.6) is 0 Å². The fraction of sp³-hybridized carbons (Fsp3) is 0.286. The minimum absolute atomic E-state index is 0.111. The van der Waals surface area contributed by atoms with Crippen molar-refractivity contribution in [1.29, 1.82) is 0 Å². The molecule has 8 heteroatoms. The lowest BCUT2D eigenvalue weighted by atomic mass is 10.2. The van der Waals surface area contributed by atoms with E-state index in [9.17, 15) is 10.1 Å². The Bertz CT molecular complexity index is 705. The molecule has 1 saturated carbocycles. The molecule has 22 heavy (non-hydrogen) atoms. The summed E-state index contributed by atoms with van der Waals surface area (Å²) in [6, 6.07) is 7.69. The summed E-state index contributed by atoms with van der Waals surface area (Å²) in [4.78, 5) is 18.7. The summed E-state index contributed by atoms with van der Waals surface area (Å²) in [7, 11) is 0. The van der Waals surface area contributed by atoms with Gasteiger partial charge in [0.1, 0.15) is 6.20 Å². The van der Waals surface area contributed by atoms with Crippen molar-refractivity contribution in [2.45, 2.75) is 25.4 Å². The lowest BCUT2D eigenvalue weighted by molar-refractivity contribution is -0.384. The van der Waals surface area contributed by atoms with Crippen LogP contribution >= 0.6 is 11.6 Å². The maximum Gasteiger partial charge on any atom is 0.329 e. The van der Waals surface area contributed by atoms with E-state index >= 15 is 0 Å². The van der Waals surface area contributed by atoms with Gasteiger partial charge in [0.05, 0.1) is 4.92 Å². The van der Waals surface area contributed by atoms with Gasteiger partial charge in [0.2, 0.25) is 11.8 Å². The maximum absolute atomic E-state index is 11.0. The van der Waals surface area contributed by atoms with Crippen molar-refractivity contribution in [2.75, 3.05) is 10.6 Å². The van der Waals surface area contributed by atoms with Crippen LogP contribution in [0.3, 0.4) is 0 Å². The Labute approximate surface area is 131 Å². The molecule has 1 aromatic heterocycles. The molecule has 7 nitrogen and oxygen atoms in total. The van der Waals surface area contributed by atoms with Gasteiger partial charge >= 0.3 is 5.69 Å². The summed E-state index contributed by atoms with van der Waals surface area (Å²) in [5.41, 5.74) is 0.867. The van der Waals surface area contributed by atoms with Crippen molar-refractivity contribution < 1.29 is 4.92 Å². The van der Waals surface area contributed by atoms with Crippen molar-refractivity contribution in [3.63, 3.8) is 0 Å². The summed E-state index contributed by atoms with van der Waals surface area (Å²) in [5.74, 6) is 0.602. The molecule has 1 aromatic carbocycles. The third kappa shape index (κ3) is 3.62. The highest BCUT2D eigenvalue weighted by Gasteiger charge is 2.26. The topological polar surface area (TPSA) is 93.0 Å². The van der Waals surface area contributed by atoms with Crippen LogP contribution in [0.1, 0.15) is 18.4 Å². The largest absolute Gasteiger partial charge is 0.361 e. The Hall–Kier alpha value is -2.41. The zero-order chi connectivity index (χ0) is 15.5. The fourth-order valence-corrected chi connectivity index (χ4v) is 2.16. The van der Waals surface area contributed by atoms with Gasteiger partial charge in [-0.2, -0.15) is 4.98 Å². The Balaban J connectivity index is 1.74. The average molecular weight is 320 g/mol. The average Bonchev–Trinajstić information content (AvgIpc) is 3.29. The van der Waals surface area contributed by atoms with Crippen LogP contribution < -0.4 is 10.6 Å². The smallest absolute Gasteiger partial charge is 0.329 e. The second kappa shape index (κ2) is 6.15. The minimum Gasteiger partial charge on any atom is -0.361 e. The first-order valence-electron chi connectivity index (χ1n) is 6.88. The van der Waals surface area contributed by atoms with Gasteiger partial charge in [0.15, 0.2) is 0 Å². The minimum atomic E-state index is -0.481. The second-order valence-corrected chi connectivity index (χ2v) is 5.52. The number of nitrogens with one attached hydrogen (secondary N) is 2. The predicted molar refractivity (Wildman–Crippen MR) is 84.1 cm³/mol. The third-order valence-electron chi connectivity index (χ3n) is 3.22. The maximum atomic E-state index is 11.0. The molecule has 1 heterocycles. The Morgan fingerprint density at radius 2 is 2.23 bits per heavy atom. The monoisotopic (exact) mass is 319 g/mol. The molecule has 2 aromatic rings. The van der Waals surface area contributed by atoms with E-state index in [2.05, 4.69) is 20.6 Å². The Morgan fingerprint density at radius 1 is 1.41 bits per heavy atom. The molecule has 0 bridgehead atoms. The lowest BCUT2D eigenvalue weighted by Crippen LogP contribution is -2.10. The SMILES string of the molecule is O=[N+]([O-])c1cnc(NCc2cccc(Cl)c2)nc1NC1CC1. The molecule has 0 aliphatic heterocycles. The molecule has 0 atom stereocenters. The third-order valence-corrected chi connectivity index (χ3v) is 3.46. The van der Waals surface area contributed by atoms with Gasteiger partial charge < -0.3 is 10.6 Å². The van der Waals surface area contributed by atoms with Crippen molar-refractivity contribution in [3.8, 4) is 0 Å². The fourth-order valence-electron chi connectivity index (χ4n) is 1.95. The second-order valence-electron chi connectivity index (χ2n) is 5.09. The number of benzene rings is 1. The van der Waals surface area contributed by atoms with Gasteiger partial charge in [0.25, 0.3) is 0 Å². The summed E-state index contributed by atoms with van der Waals surface area (Å²) in [6.45, 7) is 0.487. The van der Waals surface area contributed by atoms with E-state index in [0.717, 1.165) is 18.4 Å². The van der Waals surface area contributed by atoms with E-state index < -0.39 is 4.92 Å².